The van der Waals surface area contributed by atoms with Gasteiger partial charge in [-0.2, -0.15) is 0 Å². The standard InChI is InChI=1S/C7H2BrClF2INO/c8-2-1-3(12)13-5(7(10)11)4(2)6(9)14/h1,7H. The van der Waals surface area contributed by atoms with Gasteiger partial charge >= 0.3 is 0 Å². The fourth-order valence-corrected chi connectivity index (χ4v) is 2.77. The minimum absolute atomic E-state index is 0.229. The van der Waals surface area contributed by atoms with E-state index >= 15 is 0 Å². The highest BCUT2D eigenvalue weighted by molar-refractivity contribution is 14.1. The molecule has 0 N–H and O–H groups in total. The second kappa shape index (κ2) is 4.80. The van der Waals surface area contributed by atoms with Gasteiger partial charge in [0.25, 0.3) is 11.7 Å². The Kier molecular flexibility index (Phi) is 4.20. The van der Waals surface area contributed by atoms with E-state index in [-0.39, 0.29) is 10.0 Å². The molecule has 0 aliphatic carbocycles. The van der Waals surface area contributed by atoms with Gasteiger partial charge in [-0.05, 0) is 56.2 Å². The molecule has 76 valence electrons. The molecule has 1 rings (SSSR count). The lowest BCUT2D eigenvalue weighted by Gasteiger charge is -2.06. The first kappa shape index (κ1) is 12.3. The normalized spacial score (nSPS) is 10.7. The molecule has 0 aliphatic rings. The van der Waals surface area contributed by atoms with Crippen molar-refractivity contribution in [1.29, 1.82) is 0 Å². The summed E-state index contributed by atoms with van der Waals surface area (Å²) in [7, 11) is 0. The van der Waals surface area contributed by atoms with Gasteiger partial charge in [0.1, 0.15) is 9.39 Å². The first-order chi connectivity index (χ1) is 6.43. The zero-order chi connectivity index (χ0) is 10.9. The number of aromatic nitrogens is 1. The molecule has 0 atom stereocenters. The molecule has 0 amide bonds. The molecule has 1 aromatic heterocycles. The van der Waals surface area contributed by atoms with Crippen molar-refractivity contribution in [2.75, 3.05) is 0 Å². The molecule has 0 unspecified atom stereocenters. The molecule has 7 heteroatoms. The molecule has 0 saturated heterocycles. The maximum atomic E-state index is 12.5. The van der Waals surface area contributed by atoms with Crippen molar-refractivity contribution in [3.63, 3.8) is 0 Å². The molecule has 14 heavy (non-hydrogen) atoms. The van der Waals surface area contributed by atoms with Crippen molar-refractivity contribution >= 4 is 55.4 Å². The van der Waals surface area contributed by atoms with E-state index in [0.29, 0.717) is 3.70 Å². The Morgan fingerprint density at radius 1 is 1.64 bits per heavy atom. The Hall–Kier alpha value is 0.180. The Balaban J connectivity index is 3.44. The fraction of sp³-hybridized carbons (Fsp3) is 0.143. The van der Waals surface area contributed by atoms with Crippen LogP contribution in [0.15, 0.2) is 10.5 Å². The Labute approximate surface area is 105 Å². The van der Waals surface area contributed by atoms with E-state index in [1.165, 1.54) is 6.07 Å². The highest BCUT2D eigenvalue weighted by atomic mass is 127. The lowest BCUT2D eigenvalue weighted by atomic mass is 10.2. The molecule has 1 aromatic rings. The summed E-state index contributed by atoms with van der Waals surface area (Å²) in [6.07, 6.45) is -2.82. The largest absolute Gasteiger partial charge is 0.281 e. The summed E-state index contributed by atoms with van der Waals surface area (Å²) < 4.78 is 25.5. The second-order valence-electron chi connectivity index (χ2n) is 2.26. The smallest absolute Gasteiger partial charge is 0.275 e. The summed E-state index contributed by atoms with van der Waals surface area (Å²) in [5, 5.41) is -0.948. The van der Waals surface area contributed by atoms with Gasteiger partial charge in [-0.3, -0.25) is 4.79 Å². The zero-order valence-corrected chi connectivity index (χ0v) is 10.9. The van der Waals surface area contributed by atoms with Crippen molar-refractivity contribution < 1.29 is 13.6 Å². The summed E-state index contributed by atoms with van der Waals surface area (Å²) >= 11 is 9.92. The predicted octanol–water partition coefficient (Wildman–Crippen LogP) is 3.77. The molecule has 0 bridgehead atoms. The third kappa shape index (κ3) is 2.60. The van der Waals surface area contributed by atoms with E-state index in [1.54, 1.807) is 22.6 Å². The molecule has 0 aromatic carbocycles. The van der Waals surface area contributed by atoms with E-state index < -0.39 is 17.4 Å². The van der Waals surface area contributed by atoms with Crippen LogP contribution < -0.4 is 0 Å². The maximum Gasteiger partial charge on any atom is 0.281 e. The first-order valence-corrected chi connectivity index (χ1v) is 5.52. The summed E-state index contributed by atoms with van der Waals surface area (Å²) in [4.78, 5) is 14.4. The summed E-state index contributed by atoms with van der Waals surface area (Å²) in [5.74, 6) is 0. The molecule has 2 nitrogen and oxygen atoms in total. The van der Waals surface area contributed by atoms with Crippen molar-refractivity contribution in [3.8, 4) is 0 Å². The number of rotatable bonds is 2. The van der Waals surface area contributed by atoms with Gasteiger partial charge in [-0.15, -0.1) is 0 Å². The zero-order valence-electron chi connectivity index (χ0n) is 6.40. The van der Waals surface area contributed by atoms with Crippen molar-refractivity contribution in [3.05, 3.63) is 25.5 Å². The number of pyridine rings is 1. The van der Waals surface area contributed by atoms with Crippen LogP contribution in [-0.2, 0) is 0 Å². The van der Waals surface area contributed by atoms with Gasteiger partial charge < -0.3 is 0 Å². The third-order valence-corrected chi connectivity index (χ3v) is 2.74. The van der Waals surface area contributed by atoms with Crippen LogP contribution in [-0.4, -0.2) is 10.2 Å². The van der Waals surface area contributed by atoms with Gasteiger partial charge in [0.15, 0.2) is 0 Å². The van der Waals surface area contributed by atoms with E-state index in [4.69, 9.17) is 11.6 Å². The quantitative estimate of drug-likeness (QED) is 0.433. The Morgan fingerprint density at radius 3 is 2.64 bits per heavy atom. The molecule has 0 spiro atoms. The number of alkyl halides is 2. The molecule has 0 aliphatic heterocycles. The van der Waals surface area contributed by atoms with E-state index in [0.717, 1.165) is 0 Å². The number of carbonyl (C=O) groups is 1. The molecule has 0 fully saturated rings. The minimum atomic E-state index is -2.82. The van der Waals surface area contributed by atoms with Gasteiger partial charge in [0.05, 0.1) is 5.56 Å². The lowest BCUT2D eigenvalue weighted by Crippen LogP contribution is -2.04. The van der Waals surface area contributed by atoms with Crippen LogP contribution in [0.2, 0.25) is 0 Å². The van der Waals surface area contributed by atoms with Crippen molar-refractivity contribution in [2.45, 2.75) is 6.43 Å². The monoisotopic (exact) mass is 395 g/mol. The van der Waals surface area contributed by atoms with E-state index in [9.17, 15) is 13.6 Å². The van der Waals surface area contributed by atoms with Crippen LogP contribution in [0, 0.1) is 3.70 Å². The van der Waals surface area contributed by atoms with Crippen molar-refractivity contribution in [1.82, 2.24) is 4.98 Å². The number of nitrogens with zero attached hydrogens (tertiary/aromatic N) is 1. The molecule has 0 radical (unpaired) electrons. The van der Waals surface area contributed by atoms with Crippen molar-refractivity contribution in [2.24, 2.45) is 0 Å². The first-order valence-electron chi connectivity index (χ1n) is 3.27. The average molecular weight is 396 g/mol. The number of hydrogen-bond donors (Lipinski definition) is 0. The van der Waals surface area contributed by atoms with Crippen LogP contribution in [0.25, 0.3) is 0 Å². The lowest BCUT2D eigenvalue weighted by molar-refractivity contribution is 0.106. The molecular weight excluding hydrogens is 394 g/mol. The summed E-state index contributed by atoms with van der Waals surface area (Å²) in [6, 6.07) is 1.45. The van der Waals surface area contributed by atoms with Crippen LogP contribution >= 0.6 is 50.1 Å². The third-order valence-electron chi connectivity index (χ3n) is 1.37. The number of hydrogen-bond acceptors (Lipinski definition) is 2. The molecule has 0 saturated carbocycles. The summed E-state index contributed by atoms with van der Waals surface area (Å²) in [6.45, 7) is 0. The fourth-order valence-electron chi connectivity index (χ4n) is 0.855. The minimum Gasteiger partial charge on any atom is -0.275 e. The molecule has 1 heterocycles. The van der Waals surface area contributed by atoms with Gasteiger partial charge in [-0.1, -0.05) is 0 Å². The Bertz CT molecular complexity index is 388. The number of carbonyl (C=O) groups excluding carboxylic acids is 1. The van der Waals surface area contributed by atoms with Gasteiger partial charge in [0.2, 0.25) is 0 Å². The van der Waals surface area contributed by atoms with Gasteiger partial charge in [-0.25, -0.2) is 13.8 Å². The highest BCUT2D eigenvalue weighted by Gasteiger charge is 2.22. The highest BCUT2D eigenvalue weighted by Crippen LogP contribution is 2.29. The topological polar surface area (TPSA) is 30.0 Å². The van der Waals surface area contributed by atoms with Gasteiger partial charge in [0, 0.05) is 4.47 Å². The van der Waals surface area contributed by atoms with Crippen LogP contribution in [0.1, 0.15) is 22.5 Å². The predicted molar refractivity (Wildman–Crippen MR) is 59.8 cm³/mol. The SMILES string of the molecule is O=C(Cl)c1c(Br)cc(I)nc1C(F)F. The summed E-state index contributed by atoms with van der Waals surface area (Å²) in [5.41, 5.74) is -0.870. The number of halogens is 5. The van der Waals surface area contributed by atoms with Crippen LogP contribution in [0.4, 0.5) is 8.78 Å². The van der Waals surface area contributed by atoms with E-state index in [1.807, 2.05) is 0 Å². The average Bonchev–Trinajstić information content (AvgIpc) is 2.01. The Morgan fingerprint density at radius 2 is 2.21 bits per heavy atom. The van der Waals surface area contributed by atoms with E-state index in [2.05, 4.69) is 20.9 Å². The second-order valence-corrected chi connectivity index (χ2v) is 4.56. The maximum absolute atomic E-state index is 12.5. The van der Waals surface area contributed by atoms with Crippen LogP contribution in [0.3, 0.4) is 0 Å². The van der Waals surface area contributed by atoms with Crippen LogP contribution in [0.5, 0.6) is 0 Å². The molecular formula is C7H2BrClF2INO.